The van der Waals surface area contributed by atoms with Crippen molar-refractivity contribution in [2.45, 2.75) is 19.8 Å². The van der Waals surface area contributed by atoms with Crippen molar-refractivity contribution in [3.8, 4) is 6.01 Å². The molecule has 0 atom stereocenters. The van der Waals surface area contributed by atoms with E-state index in [2.05, 4.69) is 32.3 Å². The molecule has 1 aromatic heterocycles. The van der Waals surface area contributed by atoms with E-state index in [1.165, 1.54) is 12.8 Å². The van der Waals surface area contributed by atoms with Crippen LogP contribution in [0.1, 0.15) is 19.8 Å². The molecule has 1 saturated heterocycles. The number of methoxy groups -OCH3 is 1. The Hall–Kier alpha value is -1.30. The Balaban J connectivity index is 1.82. The number of nitrogens with one attached hydrogen (secondary N) is 2. The molecule has 1 aliphatic rings. The quantitative estimate of drug-likeness (QED) is 0.789. The summed E-state index contributed by atoms with van der Waals surface area (Å²) in [7, 11) is 1.58. The average Bonchev–Trinajstić information content (AvgIpc) is 2.86. The van der Waals surface area contributed by atoms with Crippen molar-refractivity contribution in [3.05, 3.63) is 0 Å². The molecule has 6 heteroatoms. The van der Waals surface area contributed by atoms with E-state index in [0.29, 0.717) is 6.01 Å². The first-order valence-electron chi connectivity index (χ1n) is 6.25. The summed E-state index contributed by atoms with van der Waals surface area (Å²) in [6.07, 6.45) is 2.41. The second-order valence-corrected chi connectivity index (χ2v) is 4.38. The maximum atomic E-state index is 4.97. The minimum Gasteiger partial charge on any atom is -0.466 e. The van der Waals surface area contributed by atoms with Crippen molar-refractivity contribution in [1.82, 2.24) is 20.5 Å². The molecule has 1 aromatic rings. The van der Waals surface area contributed by atoms with Gasteiger partial charge >= 0.3 is 6.01 Å². The highest BCUT2D eigenvalue weighted by Crippen LogP contribution is 2.20. The minimum absolute atomic E-state index is 0.412. The Morgan fingerprint density at radius 1 is 1.47 bits per heavy atom. The van der Waals surface area contributed by atoms with Gasteiger partial charge in [0.05, 0.1) is 7.11 Å². The number of nitrogens with zero attached hydrogens (tertiary/aromatic N) is 3. The van der Waals surface area contributed by atoms with E-state index in [1.807, 2.05) is 0 Å². The lowest BCUT2D eigenvalue weighted by molar-refractivity contribution is 0.378. The molecule has 0 aromatic carbocycles. The lowest BCUT2D eigenvalue weighted by Gasteiger charge is -2.31. The number of ether oxygens (including phenoxy) is 1. The van der Waals surface area contributed by atoms with E-state index < -0.39 is 0 Å². The summed E-state index contributed by atoms with van der Waals surface area (Å²) in [6.45, 7) is 6.41. The van der Waals surface area contributed by atoms with Gasteiger partial charge in [-0.05, 0) is 31.8 Å². The van der Waals surface area contributed by atoms with Crippen molar-refractivity contribution in [3.63, 3.8) is 0 Å². The van der Waals surface area contributed by atoms with Crippen LogP contribution in [0.2, 0.25) is 0 Å². The first-order chi connectivity index (χ1) is 8.33. The predicted molar refractivity (Wildman–Crippen MR) is 66.4 cm³/mol. The summed E-state index contributed by atoms with van der Waals surface area (Å²) in [5, 5.41) is 10.3. The third-order valence-corrected chi connectivity index (χ3v) is 3.23. The number of hydrogen-bond donors (Lipinski definition) is 2. The topological polar surface area (TPSA) is 66.1 Å². The van der Waals surface area contributed by atoms with Crippen molar-refractivity contribution < 1.29 is 4.74 Å². The Kier molecular flexibility index (Phi) is 4.19. The van der Waals surface area contributed by atoms with Gasteiger partial charge in [-0.25, -0.2) is 5.10 Å². The molecule has 0 spiro atoms. The molecular formula is C11H21N5O. The molecule has 2 heterocycles. The number of aromatic amines is 1. The maximum Gasteiger partial charge on any atom is 0.336 e. The second-order valence-electron chi connectivity index (χ2n) is 4.38. The zero-order valence-corrected chi connectivity index (χ0v) is 10.6. The molecule has 96 valence electrons. The van der Waals surface area contributed by atoms with E-state index in [1.54, 1.807) is 7.11 Å². The number of hydrogen-bond acceptors (Lipinski definition) is 5. The summed E-state index contributed by atoms with van der Waals surface area (Å²) in [6, 6.07) is 0.412. The van der Waals surface area contributed by atoms with Gasteiger partial charge in [0, 0.05) is 13.1 Å². The van der Waals surface area contributed by atoms with E-state index in [-0.39, 0.29) is 0 Å². The molecule has 0 saturated carbocycles. The van der Waals surface area contributed by atoms with Crippen LogP contribution in [0.25, 0.3) is 0 Å². The molecule has 17 heavy (non-hydrogen) atoms. The van der Waals surface area contributed by atoms with Crippen LogP contribution in [0.4, 0.5) is 5.95 Å². The molecule has 0 bridgehead atoms. The number of H-pyrrole nitrogens is 1. The minimum atomic E-state index is 0.412. The number of piperidine rings is 1. The molecule has 2 N–H and O–H groups in total. The fraction of sp³-hybridized carbons (Fsp3) is 0.818. The van der Waals surface area contributed by atoms with Crippen LogP contribution in [-0.2, 0) is 0 Å². The zero-order valence-electron chi connectivity index (χ0n) is 10.6. The first kappa shape index (κ1) is 12.2. The van der Waals surface area contributed by atoms with E-state index in [0.717, 1.165) is 38.0 Å². The lowest BCUT2D eigenvalue weighted by atomic mass is 9.97. The van der Waals surface area contributed by atoms with Crippen LogP contribution in [0, 0.1) is 5.92 Å². The third-order valence-electron chi connectivity index (χ3n) is 3.23. The summed E-state index contributed by atoms with van der Waals surface area (Å²) in [4.78, 5) is 6.50. The summed E-state index contributed by atoms with van der Waals surface area (Å²) < 4.78 is 4.97. The van der Waals surface area contributed by atoms with Crippen molar-refractivity contribution >= 4 is 5.95 Å². The molecule has 0 unspecified atom stereocenters. The number of rotatable bonds is 5. The van der Waals surface area contributed by atoms with Crippen LogP contribution >= 0.6 is 0 Å². The SMILES string of the molecule is CCNCC1CCN(c2nc(OC)n[nH]2)CC1. The lowest BCUT2D eigenvalue weighted by Crippen LogP contribution is -2.37. The molecular weight excluding hydrogens is 218 g/mol. The van der Waals surface area contributed by atoms with Crippen LogP contribution in [0.5, 0.6) is 6.01 Å². The molecule has 1 fully saturated rings. The highest BCUT2D eigenvalue weighted by Gasteiger charge is 2.21. The molecule has 2 rings (SSSR count). The third kappa shape index (κ3) is 3.09. The first-order valence-corrected chi connectivity index (χ1v) is 6.25. The van der Waals surface area contributed by atoms with Crippen LogP contribution in [0.3, 0.4) is 0 Å². The van der Waals surface area contributed by atoms with Gasteiger partial charge in [-0.1, -0.05) is 6.92 Å². The van der Waals surface area contributed by atoms with Crippen molar-refractivity contribution in [2.24, 2.45) is 5.92 Å². The maximum absolute atomic E-state index is 4.97. The number of aromatic nitrogens is 3. The van der Waals surface area contributed by atoms with Crippen molar-refractivity contribution in [2.75, 3.05) is 38.2 Å². The van der Waals surface area contributed by atoms with Gasteiger partial charge in [-0.3, -0.25) is 0 Å². The Morgan fingerprint density at radius 3 is 2.82 bits per heavy atom. The summed E-state index contributed by atoms with van der Waals surface area (Å²) >= 11 is 0. The van der Waals surface area contributed by atoms with E-state index in [4.69, 9.17) is 4.74 Å². The fourth-order valence-corrected chi connectivity index (χ4v) is 2.17. The zero-order chi connectivity index (χ0) is 12.1. The normalized spacial score (nSPS) is 17.4. The number of anilines is 1. The monoisotopic (exact) mass is 239 g/mol. The van der Waals surface area contributed by atoms with Gasteiger partial charge < -0.3 is 15.0 Å². The van der Waals surface area contributed by atoms with Crippen molar-refractivity contribution in [1.29, 1.82) is 0 Å². The van der Waals surface area contributed by atoms with E-state index >= 15 is 0 Å². The Bertz CT molecular complexity index is 332. The van der Waals surface area contributed by atoms with Gasteiger partial charge in [0.25, 0.3) is 0 Å². The van der Waals surface area contributed by atoms with Gasteiger partial charge in [0.15, 0.2) is 0 Å². The van der Waals surface area contributed by atoms with Gasteiger partial charge in [0.2, 0.25) is 5.95 Å². The van der Waals surface area contributed by atoms with Crippen LogP contribution < -0.4 is 15.0 Å². The van der Waals surface area contributed by atoms with Crippen LogP contribution in [0.15, 0.2) is 0 Å². The van der Waals surface area contributed by atoms with Gasteiger partial charge in [-0.15, -0.1) is 5.10 Å². The second kappa shape index (κ2) is 5.86. The fourth-order valence-electron chi connectivity index (χ4n) is 2.17. The smallest absolute Gasteiger partial charge is 0.336 e. The molecule has 6 nitrogen and oxygen atoms in total. The summed E-state index contributed by atoms with van der Waals surface area (Å²) in [5.74, 6) is 1.61. The Labute approximate surface area is 102 Å². The molecule has 1 aliphatic heterocycles. The summed E-state index contributed by atoms with van der Waals surface area (Å²) in [5.41, 5.74) is 0. The average molecular weight is 239 g/mol. The van der Waals surface area contributed by atoms with Crippen LogP contribution in [-0.4, -0.2) is 48.5 Å². The van der Waals surface area contributed by atoms with Gasteiger partial charge in [-0.2, -0.15) is 4.98 Å². The van der Waals surface area contributed by atoms with Gasteiger partial charge in [0.1, 0.15) is 0 Å². The molecule has 0 aliphatic carbocycles. The largest absolute Gasteiger partial charge is 0.466 e. The Morgan fingerprint density at radius 2 is 2.24 bits per heavy atom. The highest BCUT2D eigenvalue weighted by atomic mass is 16.5. The predicted octanol–water partition coefficient (Wildman–Crippen LogP) is 0.639. The standard InChI is InChI=1S/C11H21N5O/c1-3-12-8-9-4-6-16(7-5-9)10-13-11(17-2)15-14-10/h9,12H,3-8H2,1-2H3,(H,13,14,15). The molecule has 0 radical (unpaired) electrons. The van der Waals surface area contributed by atoms with E-state index in [9.17, 15) is 0 Å². The highest BCUT2D eigenvalue weighted by molar-refractivity contribution is 5.30. The molecule has 0 amide bonds.